The maximum Gasteiger partial charge on any atom is 0.389 e. The fourth-order valence-corrected chi connectivity index (χ4v) is 0.878. The summed E-state index contributed by atoms with van der Waals surface area (Å²) in [5.74, 6) is 5.35. The van der Waals surface area contributed by atoms with Gasteiger partial charge in [0.15, 0.2) is 0 Å². The highest BCUT2D eigenvalue weighted by Crippen LogP contribution is 2.16. The first-order valence-corrected chi connectivity index (χ1v) is 4.05. The topological polar surface area (TPSA) is 35.5 Å². The molecule has 0 unspecified atom stereocenters. The summed E-state index contributed by atoms with van der Waals surface area (Å²) >= 11 is 0. The van der Waals surface area contributed by atoms with Crippen LogP contribution in [0.4, 0.5) is 0 Å². The van der Waals surface area contributed by atoms with Gasteiger partial charge in [0.2, 0.25) is 0 Å². The molecule has 0 saturated carbocycles. The van der Waals surface area contributed by atoms with Crippen molar-refractivity contribution in [2.24, 2.45) is 0 Å². The molecule has 0 spiro atoms. The van der Waals surface area contributed by atoms with Crippen molar-refractivity contribution < 1.29 is 14.3 Å². The van der Waals surface area contributed by atoms with E-state index in [4.69, 9.17) is 9.47 Å². The van der Waals surface area contributed by atoms with Crippen LogP contribution in [0.2, 0.25) is 0 Å². The van der Waals surface area contributed by atoms with Crippen molar-refractivity contribution in [2.45, 2.75) is 6.92 Å². The first kappa shape index (κ1) is 10.1. The number of hydrogen-bond donors (Lipinski definition) is 0. The molecule has 0 N–H and O–H groups in total. The van der Waals surface area contributed by atoms with Crippen molar-refractivity contribution >= 4 is 5.97 Å². The number of carbonyl (C=O) groups is 1. The van der Waals surface area contributed by atoms with Gasteiger partial charge in [-0.1, -0.05) is 5.92 Å². The van der Waals surface area contributed by atoms with Crippen molar-refractivity contribution in [3.63, 3.8) is 0 Å². The van der Waals surface area contributed by atoms with Gasteiger partial charge in [-0.15, -0.1) is 0 Å². The Bertz CT molecular complexity index is 368. The zero-order chi connectivity index (χ0) is 10.4. The minimum atomic E-state index is -0.558. The monoisotopic (exact) mass is 190 g/mol. The highest BCUT2D eigenvalue weighted by atomic mass is 16.5. The first-order chi connectivity index (χ1) is 6.76. The van der Waals surface area contributed by atoms with Crippen LogP contribution in [0, 0.1) is 11.8 Å². The largest absolute Gasteiger partial charge is 0.497 e. The lowest BCUT2D eigenvalue weighted by atomic mass is 10.3. The number of methoxy groups -OCH3 is 1. The van der Waals surface area contributed by atoms with Gasteiger partial charge in [0.25, 0.3) is 0 Å². The fourth-order valence-electron chi connectivity index (χ4n) is 0.878. The molecule has 0 aliphatic rings. The predicted molar refractivity (Wildman–Crippen MR) is 52.1 cm³/mol. The van der Waals surface area contributed by atoms with Gasteiger partial charge in [-0.3, -0.25) is 0 Å². The van der Waals surface area contributed by atoms with Gasteiger partial charge < -0.3 is 9.47 Å². The highest BCUT2D eigenvalue weighted by molar-refractivity contribution is 5.90. The zero-order valence-electron chi connectivity index (χ0n) is 8.03. The van der Waals surface area contributed by atoms with Crippen LogP contribution in [0.25, 0.3) is 0 Å². The van der Waals surface area contributed by atoms with E-state index in [1.54, 1.807) is 38.3 Å². The van der Waals surface area contributed by atoms with Crippen molar-refractivity contribution in [2.75, 3.05) is 7.11 Å². The van der Waals surface area contributed by atoms with E-state index < -0.39 is 5.97 Å². The van der Waals surface area contributed by atoms with Crippen molar-refractivity contribution in [3.05, 3.63) is 24.3 Å². The second-order valence-electron chi connectivity index (χ2n) is 2.44. The van der Waals surface area contributed by atoms with E-state index in [-0.39, 0.29) is 0 Å². The smallest absolute Gasteiger partial charge is 0.389 e. The maximum atomic E-state index is 10.9. The molecule has 3 nitrogen and oxygen atoms in total. The average Bonchev–Trinajstić information content (AvgIpc) is 2.19. The van der Waals surface area contributed by atoms with Gasteiger partial charge >= 0.3 is 5.97 Å². The molecule has 1 rings (SSSR count). The zero-order valence-corrected chi connectivity index (χ0v) is 8.03. The summed E-state index contributed by atoms with van der Waals surface area (Å²) in [4.78, 5) is 10.9. The molecule has 0 bridgehead atoms. The molecular formula is C11H10O3. The van der Waals surface area contributed by atoms with E-state index in [2.05, 4.69) is 11.8 Å². The van der Waals surface area contributed by atoms with E-state index in [1.165, 1.54) is 0 Å². The predicted octanol–water partition coefficient (Wildman–Crippen LogP) is 1.62. The molecule has 1 aromatic carbocycles. The third-order valence-corrected chi connectivity index (χ3v) is 1.50. The second-order valence-corrected chi connectivity index (χ2v) is 2.44. The standard InChI is InChI=1S/C11H10O3/c1-3-4-11(12)14-10-7-5-9(13-2)6-8-10/h5-8H,1-2H3. The third-order valence-electron chi connectivity index (χ3n) is 1.50. The fraction of sp³-hybridized carbons (Fsp3) is 0.182. The number of hydrogen-bond acceptors (Lipinski definition) is 3. The van der Waals surface area contributed by atoms with Gasteiger partial charge in [0.05, 0.1) is 7.11 Å². The van der Waals surface area contributed by atoms with Gasteiger partial charge in [-0.2, -0.15) is 0 Å². The SMILES string of the molecule is CC#CC(=O)Oc1ccc(OC)cc1. The van der Waals surface area contributed by atoms with E-state index in [9.17, 15) is 4.79 Å². The molecule has 1 aromatic rings. The van der Waals surface area contributed by atoms with Crippen LogP contribution in [0.15, 0.2) is 24.3 Å². The van der Waals surface area contributed by atoms with Crippen LogP contribution in [0.5, 0.6) is 11.5 Å². The summed E-state index contributed by atoms with van der Waals surface area (Å²) in [5.41, 5.74) is 0. The summed E-state index contributed by atoms with van der Waals surface area (Å²) in [6.45, 7) is 1.58. The average molecular weight is 190 g/mol. The van der Waals surface area contributed by atoms with Crippen molar-refractivity contribution in [1.82, 2.24) is 0 Å². The van der Waals surface area contributed by atoms with E-state index in [1.807, 2.05) is 0 Å². The number of esters is 1. The van der Waals surface area contributed by atoms with E-state index in [0.29, 0.717) is 11.5 Å². The van der Waals surface area contributed by atoms with Crippen LogP contribution in [-0.2, 0) is 4.79 Å². The highest BCUT2D eigenvalue weighted by Gasteiger charge is 1.99. The Morgan fingerprint density at radius 1 is 1.21 bits per heavy atom. The molecule has 72 valence electrons. The third kappa shape index (κ3) is 2.83. The Hall–Kier alpha value is -1.95. The van der Waals surface area contributed by atoms with Gasteiger partial charge in [-0.05, 0) is 31.2 Å². The molecule has 0 radical (unpaired) electrons. The summed E-state index contributed by atoms with van der Waals surface area (Å²) in [7, 11) is 1.57. The second kappa shape index (κ2) is 4.93. The number of carbonyl (C=O) groups excluding carboxylic acids is 1. The Morgan fingerprint density at radius 3 is 2.29 bits per heavy atom. The van der Waals surface area contributed by atoms with Crippen LogP contribution < -0.4 is 9.47 Å². The minimum absolute atomic E-state index is 0.457. The van der Waals surface area contributed by atoms with Gasteiger partial charge in [-0.25, -0.2) is 4.79 Å². The number of benzene rings is 1. The summed E-state index contributed by atoms with van der Waals surface area (Å²) in [5, 5.41) is 0. The van der Waals surface area contributed by atoms with E-state index >= 15 is 0 Å². The Labute approximate surface area is 82.6 Å². The normalized spacial score (nSPS) is 8.43. The molecule has 3 heteroatoms. The Kier molecular flexibility index (Phi) is 3.57. The lowest BCUT2D eigenvalue weighted by Gasteiger charge is -2.01. The molecule has 0 saturated heterocycles. The molecule has 0 aromatic heterocycles. The summed E-state index contributed by atoms with van der Waals surface area (Å²) in [6.07, 6.45) is 0. The van der Waals surface area contributed by atoms with Crippen LogP contribution in [-0.4, -0.2) is 13.1 Å². The lowest BCUT2D eigenvalue weighted by molar-refractivity contribution is -0.128. The Balaban J connectivity index is 2.67. The van der Waals surface area contributed by atoms with Crippen molar-refractivity contribution in [1.29, 1.82) is 0 Å². The van der Waals surface area contributed by atoms with Crippen LogP contribution in [0.1, 0.15) is 6.92 Å². The number of ether oxygens (including phenoxy) is 2. The Morgan fingerprint density at radius 2 is 1.79 bits per heavy atom. The lowest BCUT2D eigenvalue weighted by Crippen LogP contribution is -2.03. The molecule has 0 aliphatic carbocycles. The molecule has 14 heavy (non-hydrogen) atoms. The van der Waals surface area contributed by atoms with Crippen LogP contribution in [0.3, 0.4) is 0 Å². The molecule has 0 fully saturated rings. The minimum Gasteiger partial charge on any atom is -0.497 e. The number of rotatable bonds is 2. The van der Waals surface area contributed by atoms with Gasteiger partial charge in [0, 0.05) is 5.92 Å². The van der Waals surface area contributed by atoms with Crippen LogP contribution >= 0.6 is 0 Å². The molecule has 0 amide bonds. The van der Waals surface area contributed by atoms with E-state index in [0.717, 1.165) is 0 Å². The summed E-state index contributed by atoms with van der Waals surface area (Å²) < 4.78 is 9.84. The molecule has 0 aliphatic heterocycles. The van der Waals surface area contributed by atoms with Gasteiger partial charge in [0.1, 0.15) is 11.5 Å². The van der Waals surface area contributed by atoms with Crippen molar-refractivity contribution in [3.8, 4) is 23.3 Å². The quantitative estimate of drug-likeness (QED) is 0.308. The molecule has 0 heterocycles. The molecule has 0 atom stereocenters. The maximum absolute atomic E-state index is 10.9. The summed E-state index contributed by atoms with van der Waals surface area (Å²) in [6, 6.07) is 6.71. The first-order valence-electron chi connectivity index (χ1n) is 4.05. The molecular weight excluding hydrogens is 180 g/mol.